The molecule has 4 rings (SSSR count). The Morgan fingerprint density at radius 1 is 0.912 bits per heavy atom. The Kier molecular flexibility index (Phi) is 6.73. The van der Waals surface area contributed by atoms with Gasteiger partial charge in [0.1, 0.15) is 6.54 Å². The molecule has 0 bridgehead atoms. The molecule has 0 unspecified atom stereocenters. The number of benzene rings is 3. The molecule has 2 amide bonds. The molecule has 1 heterocycles. The minimum absolute atomic E-state index is 0.120. The molecule has 0 aliphatic carbocycles. The van der Waals surface area contributed by atoms with Crippen molar-refractivity contribution in [2.45, 2.75) is 6.92 Å². The van der Waals surface area contributed by atoms with Crippen LogP contribution < -0.4 is 10.6 Å². The van der Waals surface area contributed by atoms with Gasteiger partial charge in [-0.25, -0.2) is 0 Å². The van der Waals surface area contributed by atoms with Crippen LogP contribution >= 0.6 is 0 Å². The Morgan fingerprint density at radius 2 is 1.59 bits per heavy atom. The second-order valence-electron chi connectivity index (χ2n) is 7.78. The van der Waals surface area contributed by atoms with E-state index in [0.29, 0.717) is 22.5 Å². The molecule has 0 radical (unpaired) electrons. The fourth-order valence-electron chi connectivity index (χ4n) is 3.78. The van der Waals surface area contributed by atoms with Crippen molar-refractivity contribution in [3.8, 4) is 0 Å². The number of ether oxygens (including phenoxy) is 1. The van der Waals surface area contributed by atoms with Gasteiger partial charge in [-0.1, -0.05) is 48.5 Å². The van der Waals surface area contributed by atoms with Crippen molar-refractivity contribution in [3.05, 3.63) is 95.6 Å². The van der Waals surface area contributed by atoms with Gasteiger partial charge in [0.05, 0.1) is 17.9 Å². The molecule has 7 nitrogen and oxygen atoms in total. The summed E-state index contributed by atoms with van der Waals surface area (Å²) in [5, 5.41) is 6.29. The van der Waals surface area contributed by atoms with Crippen LogP contribution in [0.1, 0.15) is 28.4 Å². The first-order chi connectivity index (χ1) is 16.5. The summed E-state index contributed by atoms with van der Waals surface area (Å²) in [6.07, 6.45) is 0. The number of fused-ring (bicyclic) bond motifs is 1. The maximum Gasteiger partial charge on any atom is 0.325 e. The fourth-order valence-corrected chi connectivity index (χ4v) is 3.78. The number of nitrogens with one attached hydrogen (secondary N) is 2. The molecule has 0 spiro atoms. The number of rotatable bonds is 7. The number of para-hydroxylation sites is 1. The van der Waals surface area contributed by atoms with Crippen molar-refractivity contribution in [2.75, 3.05) is 30.8 Å². The molecule has 0 fully saturated rings. The van der Waals surface area contributed by atoms with E-state index in [1.54, 1.807) is 38.2 Å². The van der Waals surface area contributed by atoms with Crippen LogP contribution in [0.25, 0.3) is 11.3 Å². The standard InChI is InChI=1S/C27H25N3O4/c1-3-34-23(31)17-30(2)27(33)19-13-15-20(16-14-19)28-25(18-9-5-4-6-10-18)24-21-11-7-8-12-22(21)29-26(24)32/h4-16,28H,3,17H2,1-2H3,(H,29,32)/b25-24-. The van der Waals surface area contributed by atoms with Gasteiger partial charge in [-0.05, 0) is 42.8 Å². The molecule has 0 saturated heterocycles. The van der Waals surface area contributed by atoms with Crippen LogP contribution in [0.2, 0.25) is 0 Å². The minimum atomic E-state index is -0.453. The lowest BCUT2D eigenvalue weighted by Crippen LogP contribution is -2.33. The lowest BCUT2D eigenvalue weighted by Gasteiger charge is -2.17. The highest BCUT2D eigenvalue weighted by molar-refractivity contribution is 6.37. The zero-order chi connectivity index (χ0) is 24.1. The van der Waals surface area contributed by atoms with Crippen LogP contribution in [-0.2, 0) is 14.3 Å². The zero-order valence-corrected chi connectivity index (χ0v) is 19.0. The largest absolute Gasteiger partial charge is 0.465 e. The van der Waals surface area contributed by atoms with Gasteiger partial charge in [0, 0.05) is 29.5 Å². The predicted octanol–water partition coefficient (Wildman–Crippen LogP) is 4.25. The third-order valence-electron chi connectivity index (χ3n) is 5.40. The molecular formula is C27H25N3O4. The number of likely N-dealkylation sites (N-methyl/N-ethyl adjacent to an activating group) is 1. The van der Waals surface area contributed by atoms with Crippen LogP contribution in [0.5, 0.6) is 0 Å². The number of carbonyl (C=O) groups excluding carboxylic acids is 3. The molecule has 0 saturated carbocycles. The lowest BCUT2D eigenvalue weighted by molar-refractivity contribution is -0.143. The number of carbonyl (C=O) groups is 3. The quantitative estimate of drug-likeness (QED) is 0.411. The van der Waals surface area contributed by atoms with Crippen LogP contribution in [0.4, 0.5) is 11.4 Å². The lowest BCUT2D eigenvalue weighted by atomic mass is 10.00. The Hall–Kier alpha value is -4.39. The topological polar surface area (TPSA) is 87.7 Å². The molecule has 34 heavy (non-hydrogen) atoms. The van der Waals surface area contributed by atoms with Gasteiger partial charge in [-0.2, -0.15) is 0 Å². The fraction of sp³-hybridized carbons (Fsp3) is 0.148. The zero-order valence-electron chi connectivity index (χ0n) is 19.0. The summed E-state index contributed by atoms with van der Waals surface area (Å²) in [5.74, 6) is -0.920. The van der Waals surface area contributed by atoms with Crippen molar-refractivity contribution in [2.24, 2.45) is 0 Å². The van der Waals surface area contributed by atoms with E-state index < -0.39 is 5.97 Å². The van der Waals surface area contributed by atoms with Crippen LogP contribution in [0.3, 0.4) is 0 Å². The highest BCUT2D eigenvalue weighted by Gasteiger charge is 2.28. The Bertz CT molecular complexity index is 1250. The first-order valence-electron chi connectivity index (χ1n) is 11.0. The number of amides is 2. The molecule has 7 heteroatoms. The Labute approximate surface area is 198 Å². The molecule has 3 aromatic carbocycles. The van der Waals surface area contributed by atoms with Crippen molar-refractivity contribution in [3.63, 3.8) is 0 Å². The van der Waals surface area contributed by atoms with E-state index in [-0.39, 0.29) is 25.0 Å². The Balaban J connectivity index is 1.62. The first-order valence-corrected chi connectivity index (χ1v) is 11.0. The third-order valence-corrected chi connectivity index (χ3v) is 5.40. The summed E-state index contributed by atoms with van der Waals surface area (Å²) in [5.41, 5.74) is 4.83. The predicted molar refractivity (Wildman–Crippen MR) is 132 cm³/mol. The summed E-state index contributed by atoms with van der Waals surface area (Å²) in [7, 11) is 1.56. The SMILES string of the molecule is CCOC(=O)CN(C)C(=O)c1ccc(N/C(=C2\C(=O)Nc3ccccc32)c2ccccc2)cc1. The molecule has 0 atom stereocenters. The van der Waals surface area contributed by atoms with Crippen LogP contribution in [0.15, 0.2) is 78.9 Å². The van der Waals surface area contributed by atoms with Gasteiger partial charge in [-0.15, -0.1) is 0 Å². The van der Waals surface area contributed by atoms with E-state index in [1.165, 1.54) is 4.90 Å². The highest BCUT2D eigenvalue weighted by Crippen LogP contribution is 2.37. The third kappa shape index (κ3) is 4.83. The van der Waals surface area contributed by atoms with Crippen molar-refractivity contribution < 1.29 is 19.1 Å². The molecule has 172 valence electrons. The van der Waals surface area contributed by atoms with Crippen molar-refractivity contribution in [1.29, 1.82) is 0 Å². The molecule has 2 N–H and O–H groups in total. The number of hydrogen-bond acceptors (Lipinski definition) is 5. The van der Waals surface area contributed by atoms with E-state index in [0.717, 1.165) is 16.8 Å². The second-order valence-corrected chi connectivity index (χ2v) is 7.78. The molecule has 1 aliphatic heterocycles. The van der Waals surface area contributed by atoms with E-state index in [9.17, 15) is 14.4 Å². The highest BCUT2D eigenvalue weighted by atomic mass is 16.5. The number of esters is 1. The average molecular weight is 456 g/mol. The smallest absolute Gasteiger partial charge is 0.325 e. The van der Waals surface area contributed by atoms with Crippen LogP contribution in [-0.4, -0.2) is 42.9 Å². The number of anilines is 2. The summed E-state index contributed by atoms with van der Waals surface area (Å²) >= 11 is 0. The summed E-state index contributed by atoms with van der Waals surface area (Å²) in [6.45, 7) is 1.87. The van der Waals surface area contributed by atoms with E-state index >= 15 is 0 Å². The van der Waals surface area contributed by atoms with Gasteiger partial charge in [-0.3, -0.25) is 14.4 Å². The number of nitrogens with zero attached hydrogens (tertiary/aromatic N) is 1. The normalized spacial score (nSPS) is 13.5. The molecule has 0 aromatic heterocycles. The van der Waals surface area contributed by atoms with Crippen molar-refractivity contribution in [1.82, 2.24) is 4.90 Å². The summed E-state index contributed by atoms with van der Waals surface area (Å²) in [4.78, 5) is 38.5. The maximum atomic E-state index is 12.9. The average Bonchev–Trinajstić information content (AvgIpc) is 3.18. The summed E-state index contributed by atoms with van der Waals surface area (Å²) < 4.78 is 4.91. The van der Waals surface area contributed by atoms with Gasteiger partial charge in [0.2, 0.25) is 0 Å². The summed E-state index contributed by atoms with van der Waals surface area (Å²) in [6, 6.07) is 24.1. The van der Waals surface area contributed by atoms with E-state index in [4.69, 9.17) is 4.74 Å². The Morgan fingerprint density at radius 3 is 2.29 bits per heavy atom. The second kappa shape index (κ2) is 10.0. The monoisotopic (exact) mass is 455 g/mol. The van der Waals surface area contributed by atoms with Gasteiger partial charge < -0.3 is 20.3 Å². The van der Waals surface area contributed by atoms with Gasteiger partial charge >= 0.3 is 5.97 Å². The van der Waals surface area contributed by atoms with E-state index in [2.05, 4.69) is 10.6 Å². The van der Waals surface area contributed by atoms with Crippen molar-refractivity contribution >= 4 is 40.4 Å². The van der Waals surface area contributed by atoms with Gasteiger partial charge in [0.15, 0.2) is 0 Å². The molecule has 1 aliphatic rings. The number of hydrogen-bond donors (Lipinski definition) is 2. The van der Waals surface area contributed by atoms with Gasteiger partial charge in [0.25, 0.3) is 11.8 Å². The molecule has 3 aromatic rings. The van der Waals surface area contributed by atoms with E-state index in [1.807, 2.05) is 54.6 Å². The minimum Gasteiger partial charge on any atom is -0.465 e. The maximum absolute atomic E-state index is 12.9. The van der Waals surface area contributed by atoms with Crippen LogP contribution in [0, 0.1) is 0 Å². The first kappa shape index (κ1) is 22.8. The molecular weight excluding hydrogens is 430 g/mol.